The van der Waals surface area contributed by atoms with E-state index in [0.29, 0.717) is 31.3 Å². The highest BCUT2D eigenvalue weighted by Crippen LogP contribution is 2.19. The van der Waals surface area contributed by atoms with Gasteiger partial charge in [-0.05, 0) is 19.1 Å². The van der Waals surface area contributed by atoms with Gasteiger partial charge in [0.25, 0.3) is 0 Å². The van der Waals surface area contributed by atoms with Crippen LogP contribution in [0.5, 0.6) is 0 Å². The van der Waals surface area contributed by atoms with Crippen molar-refractivity contribution in [2.24, 2.45) is 0 Å². The monoisotopic (exact) mass is 266 g/mol. The number of hydrogen-bond acceptors (Lipinski definition) is 5. The predicted octanol–water partition coefficient (Wildman–Crippen LogP) is 1.41. The Morgan fingerprint density at radius 2 is 2.16 bits per heavy atom. The van der Waals surface area contributed by atoms with E-state index in [1.807, 2.05) is 0 Å². The zero-order valence-electron chi connectivity index (χ0n) is 10.8. The molecule has 0 aliphatic carbocycles. The maximum atomic E-state index is 12.9. The van der Waals surface area contributed by atoms with Gasteiger partial charge in [-0.2, -0.15) is 4.39 Å². The number of hydrogen-bond donors (Lipinski definition) is 0. The van der Waals surface area contributed by atoms with Gasteiger partial charge in [0, 0.05) is 12.7 Å². The molecule has 0 amide bonds. The van der Waals surface area contributed by atoms with Crippen LogP contribution < -0.4 is 0 Å². The quantitative estimate of drug-likeness (QED) is 0.584. The molecule has 2 heterocycles. The van der Waals surface area contributed by atoms with E-state index in [9.17, 15) is 4.39 Å². The third kappa shape index (κ3) is 3.55. The van der Waals surface area contributed by atoms with Gasteiger partial charge in [0.15, 0.2) is 0 Å². The summed E-state index contributed by atoms with van der Waals surface area (Å²) >= 11 is 0. The lowest BCUT2D eigenvalue weighted by Gasteiger charge is -2.02. The van der Waals surface area contributed by atoms with Gasteiger partial charge < -0.3 is 9.47 Å². The molecular formula is C12H15FN4O2. The Kier molecular flexibility index (Phi) is 4.53. The molecule has 2 aromatic rings. The van der Waals surface area contributed by atoms with Crippen LogP contribution in [0.3, 0.4) is 0 Å². The number of aromatic nitrogens is 4. The Labute approximate surface area is 110 Å². The first-order valence-corrected chi connectivity index (χ1v) is 5.81. The van der Waals surface area contributed by atoms with Crippen LogP contribution in [0.2, 0.25) is 0 Å². The fraction of sp³-hybridized carbons (Fsp3) is 0.417. The molecular weight excluding hydrogens is 251 g/mol. The second-order valence-electron chi connectivity index (χ2n) is 3.94. The van der Waals surface area contributed by atoms with Crippen molar-refractivity contribution in [2.45, 2.75) is 13.7 Å². The zero-order chi connectivity index (χ0) is 13.7. The minimum absolute atomic E-state index is 0.296. The van der Waals surface area contributed by atoms with Crippen molar-refractivity contribution in [3.8, 4) is 11.3 Å². The van der Waals surface area contributed by atoms with Crippen LogP contribution in [0.4, 0.5) is 4.39 Å². The van der Waals surface area contributed by atoms with Crippen molar-refractivity contribution in [3.05, 3.63) is 30.0 Å². The van der Waals surface area contributed by atoms with Crippen LogP contribution in [0.25, 0.3) is 11.3 Å². The highest BCUT2D eigenvalue weighted by atomic mass is 19.1. The SMILES string of the molecule is COCCOCn1cc(-c2ccc(F)nc2C)nn1. The Morgan fingerprint density at radius 3 is 2.89 bits per heavy atom. The number of aryl methyl sites for hydroxylation is 1. The van der Waals surface area contributed by atoms with Crippen LogP contribution >= 0.6 is 0 Å². The first kappa shape index (κ1) is 13.6. The topological polar surface area (TPSA) is 62.1 Å². The average Bonchev–Trinajstić information content (AvgIpc) is 2.83. The zero-order valence-corrected chi connectivity index (χ0v) is 10.8. The molecule has 0 atom stereocenters. The van der Waals surface area contributed by atoms with Crippen molar-refractivity contribution in [2.75, 3.05) is 20.3 Å². The minimum atomic E-state index is -0.503. The maximum Gasteiger partial charge on any atom is 0.213 e. The molecule has 2 rings (SSSR count). The summed E-state index contributed by atoms with van der Waals surface area (Å²) in [5.41, 5.74) is 1.97. The van der Waals surface area contributed by atoms with Crippen molar-refractivity contribution < 1.29 is 13.9 Å². The van der Waals surface area contributed by atoms with Crippen molar-refractivity contribution in [1.29, 1.82) is 0 Å². The highest BCUT2D eigenvalue weighted by Gasteiger charge is 2.08. The number of nitrogens with zero attached hydrogens (tertiary/aromatic N) is 4. The number of methoxy groups -OCH3 is 1. The van der Waals surface area contributed by atoms with Gasteiger partial charge in [0.05, 0.1) is 25.1 Å². The van der Waals surface area contributed by atoms with E-state index >= 15 is 0 Å². The van der Waals surface area contributed by atoms with Crippen molar-refractivity contribution in [3.63, 3.8) is 0 Å². The summed E-state index contributed by atoms with van der Waals surface area (Å²) in [5.74, 6) is -0.503. The fourth-order valence-corrected chi connectivity index (χ4v) is 1.59. The Balaban J connectivity index is 2.04. The lowest BCUT2D eigenvalue weighted by atomic mass is 10.1. The largest absolute Gasteiger partial charge is 0.382 e. The molecule has 6 nitrogen and oxygen atoms in total. The summed E-state index contributed by atoms with van der Waals surface area (Å²) in [4.78, 5) is 3.75. The fourth-order valence-electron chi connectivity index (χ4n) is 1.59. The van der Waals surface area contributed by atoms with Gasteiger partial charge in [-0.15, -0.1) is 5.10 Å². The number of ether oxygens (including phenoxy) is 2. The summed E-state index contributed by atoms with van der Waals surface area (Å²) < 4.78 is 24.7. The normalized spacial score (nSPS) is 10.9. The number of rotatable bonds is 6. The Morgan fingerprint density at radius 1 is 1.32 bits per heavy atom. The van der Waals surface area contributed by atoms with Crippen LogP contribution in [0.15, 0.2) is 18.3 Å². The van der Waals surface area contributed by atoms with E-state index in [1.165, 1.54) is 6.07 Å². The standard InChI is InChI=1S/C12H15FN4O2/c1-9-10(3-4-12(13)14-9)11-7-17(16-15-11)8-19-6-5-18-2/h3-4,7H,5-6,8H2,1-2H3. The summed E-state index contributed by atoms with van der Waals surface area (Å²) in [6.07, 6.45) is 1.73. The molecule has 0 radical (unpaired) electrons. The third-order valence-electron chi connectivity index (χ3n) is 2.52. The first-order chi connectivity index (χ1) is 9.20. The van der Waals surface area contributed by atoms with Gasteiger partial charge >= 0.3 is 0 Å². The van der Waals surface area contributed by atoms with Crippen molar-refractivity contribution in [1.82, 2.24) is 20.0 Å². The van der Waals surface area contributed by atoms with Crippen LogP contribution in [-0.2, 0) is 16.2 Å². The summed E-state index contributed by atoms with van der Waals surface area (Å²) in [7, 11) is 1.61. The molecule has 0 spiro atoms. The Hall–Kier alpha value is -1.86. The second-order valence-corrected chi connectivity index (χ2v) is 3.94. The lowest BCUT2D eigenvalue weighted by Crippen LogP contribution is -2.07. The molecule has 0 aromatic carbocycles. The van der Waals surface area contributed by atoms with E-state index in [0.717, 1.165) is 5.56 Å². The van der Waals surface area contributed by atoms with Crippen LogP contribution in [0.1, 0.15) is 5.69 Å². The second kappa shape index (κ2) is 6.35. The van der Waals surface area contributed by atoms with E-state index in [2.05, 4.69) is 15.3 Å². The molecule has 0 unspecified atom stereocenters. The predicted molar refractivity (Wildman–Crippen MR) is 65.8 cm³/mol. The van der Waals surface area contributed by atoms with Gasteiger partial charge in [-0.3, -0.25) is 0 Å². The summed E-state index contributed by atoms with van der Waals surface area (Å²) in [6.45, 7) is 3.04. The summed E-state index contributed by atoms with van der Waals surface area (Å²) in [6, 6.07) is 2.94. The molecule has 0 saturated carbocycles. The van der Waals surface area contributed by atoms with Crippen molar-refractivity contribution >= 4 is 0 Å². The molecule has 7 heteroatoms. The van der Waals surface area contributed by atoms with E-state index in [1.54, 1.807) is 31.0 Å². The molecule has 19 heavy (non-hydrogen) atoms. The molecule has 102 valence electrons. The average molecular weight is 266 g/mol. The number of halogens is 1. The summed E-state index contributed by atoms with van der Waals surface area (Å²) in [5, 5.41) is 7.95. The minimum Gasteiger partial charge on any atom is -0.382 e. The van der Waals surface area contributed by atoms with Gasteiger partial charge in [-0.25, -0.2) is 9.67 Å². The van der Waals surface area contributed by atoms with Gasteiger partial charge in [0.1, 0.15) is 12.4 Å². The molecule has 0 saturated heterocycles. The Bertz CT molecular complexity index is 544. The van der Waals surface area contributed by atoms with E-state index < -0.39 is 5.95 Å². The van der Waals surface area contributed by atoms with E-state index in [-0.39, 0.29) is 0 Å². The molecule has 0 bridgehead atoms. The lowest BCUT2D eigenvalue weighted by molar-refractivity contribution is 0.0281. The molecule has 0 N–H and O–H groups in total. The smallest absolute Gasteiger partial charge is 0.213 e. The number of pyridine rings is 1. The van der Waals surface area contributed by atoms with E-state index in [4.69, 9.17) is 9.47 Å². The maximum absolute atomic E-state index is 12.9. The third-order valence-corrected chi connectivity index (χ3v) is 2.52. The molecule has 0 fully saturated rings. The van der Waals surface area contributed by atoms with Gasteiger partial charge in [-0.1, -0.05) is 5.21 Å². The molecule has 0 aliphatic rings. The molecule has 0 aliphatic heterocycles. The van der Waals surface area contributed by atoms with Crippen LogP contribution in [-0.4, -0.2) is 40.3 Å². The first-order valence-electron chi connectivity index (χ1n) is 5.81. The molecule has 2 aromatic heterocycles. The van der Waals surface area contributed by atoms with Crippen LogP contribution in [0, 0.1) is 12.9 Å². The highest BCUT2D eigenvalue weighted by molar-refractivity contribution is 5.59. The van der Waals surface area contributed by atoms with Gasteiger partial charge in [0.2, 0.25) is 5.95 Å².